The third kappa shape index (κ3) is 2.87. The number of benzene rings is 1. The van der Waals surface area contributed by atoms with Crippen LogP contribution < -0.4 is 0 Å². The van der Waals surface area contributed by atoms with E-state index in [4.69, 9.17) is 11.6 Å². The first-order chi connectivity index (χ1) is 10.7. The standard InChI is InChI=1S/C15H19ClN2O4S/c1-17-6-12-7-18(10-15(12,9-17)14(19)20)23(21,22)8-11-4-2-3-5-13(11)16/h2-5,12H,6-10H2,1H3,(H,19,20)/t12-,15-/m0/s1. The fraction of sp³-hybridized carbons (Fsp3) is 0.533. The van der Waals surface area contributed by atoms with Crippen molar-refractivity contribution in [1.29, 1.82) is 0 Å². The molecule has 0 radical (unpaired) electrons. The number of rotatable bonds is 4. The maximum atomic E-state index is 12.7. The van der Waals surface area contributed by atoms with E-state index in [1.807, 2.05) is 11.9 Å². The topological polar surface area (TPSA) is 77.9 Å². The summed E-state index contributed by atoms with van der Waals surface area (Å²) in [7, 11) is -1.73. The molecule has 0 aromatic heterocycles. The van der Waals surface area contributed by atoms with E-state index in [1.54, 1.807) is 24.3 Å². The molecule has 1 aromatic carbocycles. The highest BCUT2D eigenvalue weighted by atomic mass is 35.5. The van der Waals surface area contributed by atoms with Crippen LogP contribution in [0.2, 0.25) is 5.02 Å². The number of nitrogens with zero attached hydrogens (tertiary/aromatic N) is 2. The molecule has 126 valence electrons. The Morgan fingerprint density at radius 2 is 2.04 bits per heavy atom. The van der Waals surface area contributed by atoms with Crippen molar-refractivity contribution in [3.8, 4) is 0 Å². The van der Waals surface area contributed by atoms with Crippen LogP contribution >= 0.6 is 11.6 Å². The second-order valence-electron chi connectivity index (χ2n) is 6.50. The first-order valence-electron chi connectivity index (χ1n) is 7.38. The lowest BCUT2D eigenvalue weighted by atomic mass is 9.81. The third-order valence-corrected chi connectivity index (χ3v) is 6.97. The van der Waals surface area contributed by atoms with Gasteiger partial charge in [-0.3, -0.25) is 4.79 Å². The SMILES string of the molecule is CN1C[C@H]2CN(S(=O)(=O)Cc3ccccc3Cl)C[C@@]2(C(=O)O)C1. The molecule has 0 aliphatic carbocycles. The van der Waals surface area contributed by atoms with Gasteiger partial charge < -0.3 is 10.0 Å². The second kappa shape index (κ2) is 5.73. The molecule has 0 spiro atoms. The first kappa shape index (κ1) is 16.7. The van der Waals surface area contributed by atoms with Crippen molar-refractivity contribution in [3.63, 3.8) is 0 Å². The number of aliphatic carboxylic acids is 1. The predicted molar refractivity (Wildman–Crippen MR) is 86.7 cm³/mol. The Morgan fingerprint density at radius 3 is 2.65 bits per heavy atom. The number of sulfonamides is 1. The van der Waals surface area contributed by atoms with E-state index in [1.165, 1.54) is 4.31 Å². The molecule has 2 atom stereocenters. The Bertz CT molecular complexity index is 739. The average Bonchev–Trinajstić information content (AvgIpc) is 2.95. The summed E-state index contributed by atoms with van der Waals surface area (Å²) in [4.78, 5) is 13.7. The van der Waals surface area contributed by atoms with Crippen LogP contribution in [0, 0.1) is 11.3 Å². The molecule has 2 fully saturated rings. The summed E-state index contributed by atoms with van der Waals surface area (Å²) in [5.41, 5.74) is -0.463. The molecule has 3 rings (SSSR count). The van der Waals surface area contributed by atoms with Crippen molar-refractivity contribution >= 4 is 27.6 Å². The number of hydrogen-bond acceptors (Lipinski definition) is 4. The molecule has 6 nitrogen and oxygen atoms in total. The lowest BCUT2D eigenvalue weighted by molar-refractivity contribution is -0.148. The summed E-state index contributed by atoms with van der Waals surface area (Å²) in [6.07, 6.45) is 0. The first-order valence-corrected chi connectivity index (χ1v) is 9.36. The molecule has 2 saturated heterocycles. The summed E-state index contributed by atoms with van der Waals surface area (Å²) in [6, 6.07) is 6.81. The minimum absolute atomic E-state index is 0.0319. The summed E-state index contributed by atoms with van der Waals surface area (Å²) in [6.45, 7) is 1.27. The van der Waals surface area contributed by atoms with Crippen LogP contribution in [-0.4, -0.2) is 61.9 Å². The summed E-state index contributed by atoms with van der Waals surface area (Å²) >= 11 is 6.05. The number of halogens is 1. The van der Waals surface area contributed by atoms with Gasteiger partial charge in [-0.05, 0) is 18.7 Å². The number of fused-ring (bicyclic) bond motifs is 1. The van der Waals surface area contributed by atoms with Gasteiger partial charge in [-0.25, -0.2) is 12.7 Å². The summed E-state index contributed by atoms with van der Waals surface area (Å²) < 4.78 is 26.7. The number of hydrogen-bond donors (Lipinski definition) is 1. The molecule has 2 aliphatic rings. The molecular formula is C15H19ClN2O4S. The number of likely N-dealkylation sites (tertiary alicyclic amines) is 1. The number of carbonyl (C=O) groups is 1. The summed E-state index contributed by atoms with van der Waals surface area (Å²) in [5, 5.41) is 10.0. The molecular weight excluding hydrogens is 340 g/mol. The van der Waals surface area contributed by atoms with E-state index in [0.717, 1.165) is 0 Å². The highest BCUT2D eigenvalue weighted by Crippen LogP contribution is 2.43. The van der Waals surface area contributed by atoms with E-state index >= 15 is 0 Å². The normalized spacial score (nSPS) is 28.9. The Kier molecular flexibility index (Phi) is 4.16. The zero-order valence-electron chi connectivity index (χ0n) is 12.8. The van der Waals surface area contributed by atoms with Crippen molar-refractivity contribution in [2.75, 3.05) is 33.2 Å². The minimum Gasteiger partial charge on any atom is -0.481 e. The summed E-state index contributed by atoms with van der Waals surface area (Å²) in [5.74, 6) is -1.29. The van der Waals surface area contributed by atoms with Crippen LogP contribution in [0.1, 0.15) is 5.56 Å². The van der Waals surface area contributed by atoms with E-state index in [-0.39, 0.29) is 24.8 Å². The van der Waals surface area contributed by atoms with E-state index in [0.29, 0.717) is 23.7 Å². The van der Waals surface area contributed by atoms with Crippen LogP contribution in [0.3, 0.4) is 0 Å². The molecule has 0 saturated carbocycles. The zero-order valence-corrected chi connectivity index (χ0v) is 14.3. The smallest absolute Gasteiger partial charge is 0.312 e. The minimum atomic E-state index is -3.60. The second-order valence-corrected chi connectivity index (χ2v) is 8.87. The molecule has 2 aliphatic heterocycles. The van der Waals surface area contributed by atoms with Gasteiger partial charge >= 0.3 is 5.97 Å². The lowest BCUT2D eigenvalue weighted by Crippen LogP contribution is -2.41. The van der Waals surface area contributed by atoms with E-state index in [9.17, 15) is 18.3 Å². The molecule has 0 unspecified atom stereocenters. The molecule has 0 bridgehead atoms. The van der Waals surface area contributed by atoms with Crippen molar-refractivity contribution in [2.24, 2.45) is 11.3 Å². The van der Waals surface area contributed by atoms with Crippen molar-refractivity contribution in [2.45, 2.75) is 5.75 Å². The van der Waals surface area contributed by atoms with Gasteiger partial charge in [0.15, 0.2) is 0 Å². The number of carboxylic acids is 1. The molecule has 23 heavy (non-hydrogen) atoms. The number of carboxylic acid groups (broad SMARTS) is 1. The zero-order chi connectivity index (χ0) is 16.8. The fourth-order valence-corrected chi connectivity index (χ4v) is 5.63. The molecule has 0 amide bonds. The van der Waals surface area contributed by atoms with Crippen LogP contribution in [0.15, 0.2) is 24.3 Å². The molecule has 8 heteroatoms. The predicted octanol–water partition coefficient (Wildman–Crippen LogP) is 1.12. The Balaban J connectivity index is 1.83. The van der Waals surface area contributed by atoms with Gasteiger partial charge in [0, 0.05) is 37.1 Å². The Hall–Kier alpha value is -1.15. The largest absolute Gasteiger partial charge is 0.481 e. The highest BCUT2D eigenvalue weighted by molar-refractivity contribution is 7.88. The van der Waals surface area contributed by atoms with Gasteiger partial charge in [0.1, 0.15) is 0 Å². The van der Waals surface area contributed by atoms with Crippen LogP contribution in [0.4, 0.5) is 0 Å². The quantitative estimate of drug-likeness (QED) is 0.872. The van der Waals surface area contributed by atoms with Crippen LogP contribution in [-0.2, 0) is 20.6 Å². The third-order valence-electron chi connectivity index (χ3n) is 4.86. The molecule has 1 aromatic rings. The molecule has 2 heterocycles. The molecule has 1 N–H and O–H groups in total. The van der Waals surface area contributed by atoms with Gasteiger partial charge in [0.25, 0.3) is 0 Å². The maximum Gasteiger partial charge on any atom is 0.312 e. The van der Waals surface area contributed by atoms with Gasteiger partial charge in [0.2, 0.25) is 10.0 Å². The van der Waals surface area contributed by atoms with Crippen molar-refractivity contribution in [1.82, 2.24) is 9.21 Å². The van der Waals surface area contributed by atoms with Gasteiger partial charge in [-0.1, -0.05) is 29.8 Å². The van der Waals surface area contributed by atoms with Gasteiger partial charge in [-0.15, -0.1) is 0 Å². The Labute approximate surface area is 140 Å². The Morgan fingerprint density at radius 1 is 1.35 bits per heavy atom. The average molecular weight is 359 g/mol. The lowest BCUT2D eigenvalue weighted by Gasteiger charge is -2.24. The van der Waals surface area contributed by atoms with E-state index < -0.39 is 21.4 Å². The maximum absolute atomic E-state index is 12.7. The van der Waals surface area contributed by atoms with Crippen molar-refractivity contribution < 1.29 is 18.3 Å². The highest BCUT2D eigenvalue weighted by Gasteiger charge is 2.58. The monoisotopic (exact) mass is 358 g/mol. The fourth-order valence-electron chi connectivity index (χ4n) is 3.69. The van der Waals surface area contributed by atoms with Crippen molar-refractivity contribution in [3.05, 3.63) is 34.9 Å². The van der Waals surface area contributed by atoms with Gasteiger partial charge in [0.05, 0.1) is 11.2 Å². The van der Waals surface area contributed by atoms with E-state index in [2.05, 4.69) is 0 Å². The van der Waals surface area contributed by atoms with Gasteiger partial charge in [-0.2, -0.15) is 0 Å². The van der Waals surface area contributed by atoms with Crippen LogP contribution in [0.5, 0.6) is 0 Å². The van der Waals surface area contributed by atoms with Crippen LogP contribution in [0.25, 0.3) is 0 Å².